The first-order chi connectivity index (χ1) is 15.9. The van der Waals surface area contributed by atoms with Crippen molar-refractivity contribution in [1.82, 2.24) is 9.97 Å². The third kappa shape index (κ3) is 4.45. The molecule has 8 nitrogen and oxygen atoms in total. The van der Waals surface area contributed by atoms with Crippen LogP contribution in [0.2, 0.25) is 0 Å². The van der Waals surface area contributed by atoms with E-state index in [2.05, 4.69) is 15.3 Å². The standard InChI is InChI=1S/C25H22N4O4/c1-3-15-7-6-8-17(13-15)26-23(31)19-10-5-4-9-18(19)22(30)16-11-12-20-21(14-16)28-24(27-20)29(2)25(32)33/h4-14H,3H2,1-2H3,(H,26,31)(H,27,28)(H,32,33). The van der Waals surface area contributed by atoms with Crippen LogP contribution in [-0.4, -0.2) is 39.9 Å². The summed E-state index contributed by atoms with van der Waals surface area (Å²) in [5.41, 5.74) is 3.68. The maximum absolute atomic E-state index is 13.3. The Labute approximate surface area is 189 Å². The second kappa shape index (κ2) is 8.96. The summed E-state index contributed by atoms with van der Waals surface area (Å²) in [7, 11) is 1.37. The zero-order valence-corrected chi connectivity index (χ0v) is 18.1. The van der Waals surface area contributed by atoms with Gasteiger partial charge in [0.15, 0.2) is 5.78 Å². The highest BCUT2D eigenvalue weighted by atomic mass is 16.4. The van der Waals surface area contributed by atoms with Gasteiger partial charge in [0.05, 0.1) is 16.6 Å². The van der Waals surface area contributed by atoms with Gasteiger partial charge in [-0.1, -0.05) is 37.3 Å². The van der Waals surface area contributed by atoms with Gasteiger partial charge in [-0.05, 0) is 48.4 Å². The fraction of sp³-hybridized carbons (Fsp3) is 0.120. The largest absolute Gasteiger partial charge is 0.465 e. The number of hydrogen-bond donors (Lipinski definition) is 3. The summed E-state index contributed by atoms with van der Waals surface area (Å²) in [6, 6.07) is 19.0. The van der Waals surface area contributed by atoms with E-state index in [1.54, 1.807) is 48.5 Å². The second-order valence-electron chi connectivity index (χ2n) is 7.52. The Bertz CT molecular complexity index is 1380. The Morgan fingerprint density at radius 2 is 1.76 bits per heavy atom. The number of rotatable bonds is 6. The molecule has 0 aliphatic carbocycles. The second-order valence-corrected chi connectivity index (χ2v) is 7.52. The quantitative estimate of drug-likeness (QED) is 0.374. The van der Waals surface area contributed by atoms with Crippen LogP contribution in [0, 0.1) is 0 Å². The van der Waals surface area contributed by atoms with Gasteiger partial charge in [-0.25, -0.2) is 9.78 Å². The first-order valence-electron chi connectivity index (χ1n) is 10.4. The molecule has 0 bridgehead atoms. The Hall–Kier alpha value is -4.46. The number of carboxylic acid groups (broad SMARTS) is 1. The first kappa shape index (κ1) is 21.8. The van der Waals surface area contributed by atoms with Crippen molar-refractivity contribution >= 4 is 40.5 Å². The van der Waals surface area contributed by atoms with Gasteiger partial charge in [0.25, 0.3) is 5.91 Å². The monoisotopic (exact) mass is 442 g/mol. The molecule has 166 valence electrons. The van der Waals surface area contributed by atoms with E-state index in [0.717, 1.165) is 16.9 Å². The van der Waals surface area contributed by atoms with Gasteiger partial charge in [-0.3, -0.25) is 14.5 Å². The van der Waals surface area contributed by atoms with Crippen LogP contribution in [0.15, 0.2) is 66.7 Å². The smallest absolute Gasteiger partial charge is 0.413 e. The molecule has 0 spiro atoms. The third-order valence-electron chi connectivity index (χ3n) is 5.35. The van der Waals surface area contributed by atoms with Crippen LogP contribution in [0.5, 0.6) is 0 Å². The van der Waals surface area contributed by atoms with Gasteiger partial charge in [-0.15, -0.1) is 0 Å². The average Bonchev–Trinajstić information content (AvgIpc) is 3.26. The minimum Gasteiger partial charge on any atom is -0.465 e. The number of aromatic nitrogens is 2. The van der Waals surface area contributed by atoms with Crippen LogP contribution < -0.4 is 10.2 Å². The minimum atomic E-state index is -1.16. The Morgan fingerprint density at radius 1 is 1.00 bits per heavy atom. The fourth-order valence-corrected chi connectivity index (χ4v) is 3.49. The predicted molar refractivity (Wildman–Crippen MR) is 126 cm³/mol. The maximum Gasteiger partial charge on any atom is 0.413 e. The van der Waals surface area contributed by atoms with Crippen LogP contribution in [0.1, 0.15) is 38.8 Å². The van der Waals surface area contributed by atoms with Crippen molar-refractivity contribution in [2.45, 2.75) is 13.3 Å². The molecule has 0 atom stereocenters. The van der Waals surface area contributed by atoms with Crippen molar-refractivity contribution in [2.24, 2.45) is 0 Å². The number of nitrogens with zero attached hydrogens (tertiary/aromatic N) is 2. The third-order valence-corrected chi connectivity index (χ3v) is 5.35. The van der Waals surface area contributed by atoms with E-state index in [4.69, 9.17) is 5.11 Å². The maximum atomic E-state index is 13.3. The molecule has 4 rings (SSSR count). The summed E-state index contributed by atoms with van der Waals surface area (Å²) < 4.78 is 0. The van der Waals surface area contributed by atoms with E-state index in [1.807, 2.05) is 25.1 Å². The van der Waals surface area contributed by atoms with Crippen molar-refractivity contribution in [1.29, 1.82) is 0 Å². The predicted octanol–water partition coefficient (Wildman–Crippen LogP) is 4.72. The molecule has 3 N–H and O–H groups in total. The summed E-state index contributed by atoms with van der Waals surface area (Å²) in [4.78, 5) is 45.5. The Kier molecular flexibility index (Phi) is 5.91. The highest BCUT2D eigenvalue weighted by molar-refractivity contribution is 6.18. The van der Waals surface area contributed by atoms with Crippen LogP contribution in [0.4, 0.5) is 16.4 Å². The van der Waals surface area contributed by atoms with E-state index < -0.39 is 6.09 Å². The molecular weight excluding hydrogens is 420 g/mol. The van der Waals surface area contributed by atoms with Crippen molar-refractivity contribution in [3.05, 3.63) is 89.0 Å². The normalized spacial score (nSPS) is 10.7. The number of aryl methyl sites for hydroxylation is 1. The summed E-state index contributed by atoms with van der Waals surface area (Å²) in [5.74, 6) is -0.552. The molecule has 0 saturated carbocycles. The molecule has 2 amide bonds. The molecule has 0 radical (unpaired) electrons. The van der Waals surface area contributed by atoms with Crippen molar-refractivity contribution in [3.8, 4) is 0 Å². The van der Waals surface area contributed by atoms with E-state index in [0.29, 0.717) is 22.3 Å². The number of benzene rings is 3. The lowest BCUT2D eigenvalue weighted by Gasteiger charge is -2.10. The van der Waals surface area contributed by atoms with Gasteiger partial charge < -0.3 is 15.4 Å². The van der Waals surface area contributed by atoms with Gasteiger partial charge in [-0.2, -0.15) is 0 Å². The number of H-pyrrole nitrogens is 1. The first-order valence-corrected chi connectivity index (χ1v) is 10.4. The number of amides is 2. The molecule has 4 aromatic rings. The van der Waals surface area contributed by atoms with Crippen molar-refractivity contribution in [2.75, 3.05) is 17.3 Å². The number of nitrogens with one attached hydrogen (secondary N) is 2. The molecular formula is C25H22N4O4. The molecule has 33 heavy (non-hydrogen) atoms. The number of carbonyl (C=O) groups is 3. The number of anilines is 2. The molecule has 0 aliphatic rings. The molecule has 1 heterocycles. The van der Waals surface area contributed by atoms with Gasteiger partial charge in [0.2, 0.25) is 5.95 Å². The Balaban J connectivity index is 1.64. The van der Waals surface area contributed by atoms with Crippen molar-refractivity contribution in [3.63, 3.8) is 0 Å². The van der Waals surface area contributed by atoms with E-state index in [9.17, 15) is 14.4 Å². The molecule has 0 unspecified atom stereocenters. The Morgan fingerprint density at radius 3 is 2.48 bits per heavy atom. The summed E-state index contributed by atoms with van der Waals surface area (Å²) >= 11 is 0. The number of hydrogen-bond acceptors (Lipinski definition) is 4. The van der Waals surface area contributed by atoms with Crippen LogP contribution in [0.25, 0.3) is 11.0 Å². The number of aromatic amines is 1. The van der Waals surface area contributed by atoms with Gasteiger partial charge in [0, 0.05) is 23.9 Å². The summed E-state index contributed by atoms with van der Waals surface area (Å²) in [6.45, 7) is 2.04. The molecule has 8 heteroatoms. The number of ketones is 1. The molecule has 0 aliphatic heterocycles. The number of fused-ring (bicyclic) bond motifs is 1. The van der Waals surface area contributed by atoms with Crippen LogP contribution in [-0.2, 0) is 6.42 Å². The fourth-order valence-electron chi connectivity index (χ4n) is 3.49. The molecule has 0 fully saturated rings. The lowest BCUT2D eigenvalue weighted by Crippen LogP contribution is -2.24. The zero-order valence-electron chi connectivity index (χ0n) is 18.1. The average molecular weight is 442 g/mol. The zero-order chi connectivity index (χ0) is 23.5. The SMILES string of the molecule is CCc1cccc(NC(=O)c2ccccc2C(=O)c2ccc3nc(N(C)C(=O)O)[nH]c3c2)c1. The molecule has 1 aromatic heterocycles. The van der Waals surface area contributed by atoms with E-state index >= 15 is 0 Å². The highest BCUT2D eigenvalue weighted by Gasteiger charge is 2.20. The molecule has 0 saturated heterocycles. The van der Waals surface area contributed by atoms with Gasteiger partial charge >= 0.3 is 6.09 Å². The lowest BCUT2D eigenvalue weighted by molar-refractivity contribution is 0.0996. The topological polar surface area (TPSA) is 115 Å². The van der Waals surface area contributed by atoms with E-state index in [1.165, 1.54) is 7.05 Å². The van der Waals surface area contributed by atoms with Crippen molar-refractivity contribution < 1.29 is 19.5 Å². The minimum absolute atomic E-state index is 0.149. The van der Waals surface area contributed by atoms with Crippen LogP contribution in [0.3, 0.4) is 0 Å². The summed E-state index contributed by atoms with van der Waals surface area (Å²) in [5, 5.41) is 12.0. The number of imidazole rings is 1. The highest BCUT2D eigenvalue weighted by Crippen LogP contribution is 2.22. The number of carbonyl (C=O) groups excluding carboxylic acids is 2. The molecule has 3 aromatic carbocycles. The lowest BCUT2D eigenvalue weighted by atomic mass is 9.97. The van der Waals surface area contributed by atoms with Crippen LogP contribution >= 0.6 is 0 Å². The van der Waals surface area contributed by atoms with E-state index in [-0.39, 0.29) is 28.8 Å². The summed E-state index contributed by atoms with van der Waals surface area (Å²) in [6.07, 6.45) is -0.312. The van der Waals surface area contributed by atoms with Gasteiger partial charge in [0.1, 0.15) is 0 Å².